The molecule has 0 unspecified atom stereocenters. The van der Waals surface area contributed by atoms with E-state index in [9.17, 15) is 14.4 Å². The zero-order valence-corrected chi connectivity index (χ0v) is 30.4. The van der Waals surface area contributed by atoms with E-state index >= 15 is 0 Å². The van der Waals surface area contributed by atoms with E-state index in [0.717, 1.165) is 57.0 Å². The monoisotopic (exact) mass is 618 g/mol. The molecule has 0 spiro atoms. The number of carbonyl (C=O) groups excluding carboxylic acids is 3. The highest BCUT2D eigenvalue weighted by atomic mass is 16.5. The molecule has 6 heteroatoms. The summed E-state index contributed by atoms with van der Waals surface area (Å²) in [6, 6.07) is 0. The van der Waals surface area contributed by atoms with E-state index in [2.05, 4.69) is 55.4 Å². The largest absolute Gasteiger partial charge is 0.497 e. The summed E-state index contributed by atoms with van der Waals surface area (Å²) >= 11 is 0. The zero-order valence-electron chi connectivity index (χ0n) is 30.4. The molecule has 254 valence electrons. The fourth-order valence-electron chi connectivity index (χ4n) is 4.98. The lowest BCUT2D eigenvalue weighted by Crippen LogP contribution is -2.17. The Morgan fingerprint density at radius 2 is 1.02 bits per heavy atom. The van der Waals surface area contributed by atoms with Crippen LogP contribution in [0.4, 0.5) is 0 Å². The molecule has 3 aliphatic rings. The van der Waals surface area contributed by atoms with Gasteiger partial charge in [0.2, 0.25) is 5.78 Å². The first-order valence-corrected chi connectivity index (χ1v) is 16.2. The quantitative estimate of drug-likeness (QED) is 0.256. The van der Waals surface area contributed by atoms with E-state index < -0.39 is 0 Å². The van der Waals surface area contributed by atoms with Crippen molar-refractivity contribution in [2.24, 2.45) is 23.2 Å². The van der Waals surface area contributed by atoms with Gasteiger partial charge < -0.3 is 14.2 Å². The summed E-state index contributed by atoms with van der Waals surface area (Å²) in [6.07, 6.45) is 2.00. The first kappa shape index (κ1) is 39.1. The third kappa shape index (κ3) is 11.2. The van der Waals surface area contributed by atoms with Crippen molar-refractivity contribution in [2.75, 3.05) is 19.8 Å². The van der Waals surface area contributed by atoms with E-state index in [1.807, 2.05) is 48.5 Å². The van der Waals surface area contributed by atoms with Crippen LogP contribution in [0, 0.1) is 23.2 Å². The van der Waals surface area contributed by atoms with Gasteiger partial charge in [-0.2, -0.15) is 0 Å². The summed E-state index contributed by atoms with van der Waals surface area (Å²) in [5.74, 6) is 4.20. The molecule has 0 saturated carbocycles. The molecule has 0 aliphatic heterocycles. The predicted molar refractivity (Wildman–Crippen MR) is 186 cm³/mol. The number of rotatable bonds is 9. The van der Waals surface area contributed by atoms with Crippen LogP contribution in [0.3, 0.4) is 0 Å². The number of hydrogen-bond donors (Lipinski definition) is 0. The lowest BCUT2D eigenvalue weighted by atomic mass is 9.91. The van der Waals surface area contributed by atoms with Crippen molar-refractivity contribution in [1.29, 1.82) is 0 Å². The van der Waals surface area contributed by atoms with Crippen LogP contribution in [0.2, 0.25) is 0 Å². The predicted octanol–water partition coefficient (Wildman–Crippen LogP) is 10.2. The molecule has 0 aromatic rings. The number of ether oxygens (including phenoxy) is 3. The van der Waals surface area contributed by atoms with Gasteiger partial charge in [-0.05, 0) is 89.4 Å². The molecule has 0 bridgehead atoms. The normalized spacial score (nSPS) is 18.8. The van der Waals surface area contributed by atoms with Gasteiger partial charge in [0.25, 0.3) is 0 Å². The molecular formula is C38H66O6. The lowest BCUT2D eigenvalue weighted by molar-refractivity contribution is -0.116. The van der Waals surface area contributed by atoms with Gasteiger partial charge >= 0.3 is 0 Å². The van der Waals surface area contributed by atoms with Gasteiger partial charge in [-0.15, -0.1) is 0 Å². The second kappa shape index (κ2) is 17.0. The maximum Gasteiger partial charge on any atom is 0.223 e. The van der Waals surface area contributed by atoms with Crippen LogP contribution in [0.15, 0.2) is 56.3 Å². The molecule has 0 N–H and O–H groups in total. The van der Waals surface area contributed by atoms with Crippen molar-refractivity contribution in [3.05, 3.63) is 56.3 Å². The van der Waals surface area contributed by atoms with Crippen molar-refractivity contribution < 1.29 is 32.9 Å². The summed E-state index contributed by atoms with van der Waals surface area (Å²) < 4.78 is 17.0. The highest BCUT2D eigenvalue weighted by Gasteiger charge is 2.38. The Morgan fingerprint density at radius 3 is 1.48 bits per heavy atom. The van der Waals surface area contributed by atoms with Crippen molar-refractivity contribution >= 4 is 17.3 Å². The lowest BCUT2D eigenvalue weighted by Gasteiger charge is -2.23. The van der Waals surface area contributed by atoms with Gasteiger partial charge in [0.15, 0.2) is 17.3 Å². The summed E-state index contributed by atoms with van der Waals surface area (Å²) in [5.41, 5.74) is 6.82. The van der Waals surface area contributed by atoms with Gasteiger partial charge in [-0.3, -0.25) is 14.4 Å². The Bertz CT molecular complexity index is 1260. The minimum atomic E-state index is -0.101. The van der Waals surface area contributed by atoms with E-state index in [1.54, 1.807) is 0 Å². The number of allylic oxidation sites excluding steroid dienone is 8. The first-order chi connectivity index (χ1) is 20.2. The molecule has 3 aliphatic carbocycles. The van der Waals surface area contributed by atoms with Crippen molar-refractivity contribution in [1.82, 2.24) is 0 Å². The Balaban J connectivity index is -0.000000599. The Labute approximate surface area is 272 Å². The van der Waals surface area contributed by atoms with Crippen molar-refractivity contribution in [3.8, 4) is 0 Å². The van der Waals surface area contributed by atoms with Crippen LogP contribution < -0.4 is 0 Å². The van der Waals surface area contributed by atoms with Gasteiger partial charge in [-0.1, -0.05) is 66.5 Å². The van der Waals surface area contributed by atoms with Crippen LogP contribution in [-0.4, -0.2) is 37.2 Å². The maximum atomic E-state index is 11.9. The molecular weight excluding hydrogens is 552 g/mol. The minimum absolute atomic E-state index is 0. The molecule has 0 fully saturated rings. The van der Waals surface area contributed by atoms with Crippen LogP contribution in [0.1, 0.15) is 127 Å². The standard InChI is InChI=1S/2C13H20O2.C12H20O2.3H2/c1-8(2)7-15-13-10(4)9(3)6-12(14)11(13)5;1-8(2)7-15-13-10(4)6-9(3)11(5)12(13)14;1-8(2)7-14-11-9(3)10(13)6-12(11,4)5;;;/h2*8H,6-7H2,1-5H3;8H,6-7H2,1-5H3;3*1H. The third-order valence-electron chi connectivity index (χ3n) is 7.93. The van der Waals surface area contributed by atoms with Crippen LogP contribution >= 0.6 is 0 Å². The van der Waals surface area contributed by atoms with Gasteiger partial charge in [0, 0.05) is 33.7 Å². The molecule has 0 saturated heterocycles. The van der Waals surface area contributed by atoms with Crippen LogP contribution in [-0.2, 0) is 28.6 Å². The number of hydrogen-bond acceptors (Lipinski definition) is 6. The van der Waals surface area contributed by atoms with Gasteiger partial charge in [0.05, 0.1) is 19.8 Å². The van der Waals surface area contributed by atoms with Gasteiger partial charge in [-0.25, -0.2) is 0 Å². The second-order valence-corrected chi connectivity index (χ2v) is 14.5. The Morgan fingerprint density at radius 1 is 0.568 bits per heavy atom. The summed E-state index contributed by atoms with van der Waals surface area (Å²) in [7, 11) is 0. The maximum absolute atomic E-state index is 11.9. The summed E-state index contributed by atoms with van der Waals surface area (Å²) in [6.45, 7) is 32.3. The van der Waals surface area contributed by atoms with Crippen molar-refractivity contribution in [3.63, 3.8) is 0 Å². The fraction of sp³-hybridized carbons (Fsp3) is 0.658. The van der Waals surface area contributed by atoms with E-state index in [4.69, 9.17) is 14.2 Å². The summed E-state index contributed by atoms with van der Waals surface area (Å²) in [4.78, 5) is 35.1. The summed E-state index contributed by atoms with van der Waals surface area (Å²) in [5, 5.41) is 0. The number of carbonyl (C=O) groups is 3. The molecule has 44 heavy (non-hydrogen) atoms. The molecule has 0 aromatic heterocycles. The number of ketones is 3. The average Bonchev–Trinajstić information content (AvgIpc) is 3.10. The third-order valence-corrected chi connectivity index (χ3v) is 7.93. The Kier molecular flexibility index (Phi) is 15.1. The van der Waals surface area contributed by atoms with E-state index in [-0.39, 0.29) is 27.0 Å². The molecule has 3 rings (SSSR count). The highest BCUT2D eigenvalue weighted by Crippen LogP contribution is 2.40. The highest BCUT2D eigenvalue weighted by molar-refractivity contribution is 6.08. The fourth-order valence-corrected chi connectivity index (χ4v) is 4.98. The van der Waals surface area contributed by atoms with Gasteiger partial charge in [0.1, 0.15) is 11.5 Å². The van der Waals surface area contributed by atoms with E-state index in [0.29, 0.717) is 56.2 Å². The zero-order chi connectivity index (χ0) is 34.1. The van der Waals surface area contributed by atoms with Crippen molar-refractivity contribution in [2.45, 2.75) is 123 Å². The van der Waals surface area contributed by atoms with Crippen LogP contribution in [0.5, 0.6) is 0 Å². The first-order valence-electron chi connectivity index (χ1n) is 16.2. The molecule has 0 radical (unpaired) electrons. The topological polar surface area (TPSA) is 78.9 Å². The molecule has 0 atom stereocenters. The minimum Gasteiger partial charge on any atom is -0.497 e. The average molecular weight is 619 g/mol. The second-order valence-electron chi connectivity index (χ2n) is 14.5. The SMILES string of the molecule is CC1=C(C)C(=O)C(OCC(C)C)=C(C)C1.CC1=C(C)C(OCC(C)C)=C(C)C(=O)C1.CC1=C(OCC(C)C)C(C)(C)CC1=O.[HH].[HH].[HH]. The van der Waals surface area contributed by atoms with E-state index in [1.165, 1.54) is 0 Å². The number of Topliss-reactive ketones (excluding diaryl/α,β-unsaturated/α-hetero) is 3. The molecule has 0 heterocycles. The molecule has 0 amide bonds. The Hall–Kier alpha value is -2.89. The smallest absolute Gasteiger partial charge is 0.223 e. The molecule has 0 aromatic carbocycles. The van der Waals surface area contributed by atoms with Crippen LogP contribution in [0.25, 0.3) is 0 Å². The molecule has 6 nitrogen and oxygen atoms in total.